The number of halogens is 2. The molecule has 0 N–H and O–H groups in total. The number of hydrogen-bond donors (Lipinski definition) is 0. The number of rotatable bonds is 6. The molecule has 5 nitrogen and oxygen atoms in total. The third-order valence-electron chi connectivity index (χ3n) is 3.36. The quantitative estimate of drug-likeness (QED) is 0.581. The van der Waals surface area contributed by atoms with Gasteiger partial charge in [0.1, 0.15) is 11.0 Å². The van der Waals surface area contributed by atoms with Crippen molar-refractivity contribution in [3.63, 3.8) is 0 Å². The van der Waals surface area contributed by atoms with Crippen molar-refractivity contribution in [2.75, 3.05) is 13.7 Å². The lowest BCUT2D eigenvalue weighted by Crippen LogP contribution is -2.03. The second-order valence-electron chi connectivity index (χ2n) is 5.04. The molecule has 0 bridgehead atoms. The molecule has 0 heterocycles. The van der Waals surface area contributed by atoms with E-state index in [2.05, 4.69) is 15.9 Å². The maximum Gasteiger partial charge on any atom is 0.216 e. The first kappa shape index (κ1) is 20.3. The van der Waals surface area contributed by atoms with Gasteiger partial charge in [-0.05, 0) is 70.9 Å². The van der Waals surface area contributed by atoms with Crippen LogP contribution in [0.15, 0.2) is 50.7 Å². The summed E-state index contributed by atoms with van der Waals surface area (Å²) in [4.78, 5) is -0.399. The van der Waals surface area contributed by atoms with Crippen LogP contribution in [0.1, 0.15) is 12.5 Å². The number of benzene rings is 2. The van der Waals surface area contributed by atoms with E-state index in [9.17, 15) is 13.7 Å². The first-order chi connectivity index (χ1) is 12.3. The smallest absolute Gasteiger partial charge is 0.216 e. The number of ether oxygens (including phenoxy) is 2. The van der Waals surface area contributed by atoms with Crippen LogP contribution in [0.3, 0.4) is 0 Å². The summed E-state index contributed by atoms with van der Waals surface area (Å²) in [6.45, 7) is 2.28. The molecule has 0 amide bonds. The third kappa shape index (κ3) is 4.39. The van der Waals surface area contributed by atoms with Crippen LogP contribution in [0.2, 0.25) is 5.02 Å². The van der Waals surface area contributed by atoms with Crippen LogP contribution in [0, 0.1) is 11.3 Å². The van der Waals surface area contributed by atoms with Crippen LogP contribution in [0.25, 0.3) is 6.08 Å². The first-order valence-electron chi connectivity index (χ1n) is 7.46. The normalized spacial score (nSPS) is 11.7. The molecule has 2 rings (SSSR count). The van der Waals surface area contributed by atoms with Crippen molar-refractivity contribution in [3.8, 4) is 17.6 Å². The molecule has 0 unspecified atom stereocenters. The minimum Gasteiger partial charge on any atom is -0.493 e. The van der Waals surface area contributed by atoms with E-state index in [0.717, 1.165) is 0 Å². The van der Waals surface area contributed by atoms with Crippen molar-refractivity contribution in [2.24, 2.45) is 0 Å². The molecular weight excluding hydrogens is 442 g/mol. The summed E-state index contributed by atoms with van der Waals surface area (Å²) in [5.74, 6) is 0.930. The molecule has 0 aromatic heterocycles. The predicted molar refractivity (Wildman–Crippen MR) is 104 cm³/mol. The third-order valence-corrected chi connectivity index (χ3v) is 5.88. The SMILES string of the molecule is CCOc1c(Br)cc(/C=C(\C#N)S(=O)(=O)c2ccc(Cl)cc2)cc1OC. The van der Waals surface area contributed by atoms with Crippen molar-refractivity contribution < 1.29 is 17.9 Å². The maximum absolute atomic E-state index is 12.7. The summed E-state index contributed by atoms with van der Waals surface area (Å²) in [7, 11) is -2.49. The first-order valence-corrected chi connectivity index (χ1v) is 10.1. The molecule has 0 radical (unpaired) electrons. The van der Waals surface area contributed by atoms with Crippen molar-refractivity contribution in [1.82, 2.24) is 0 Å². The summed E-state index contributed by atoms with van der Waals surface area (Å²) < 4.78 is 36.8. The van der Waals surface area contributed by atoms with Crippen LogP contribution >= 0.6 is 27.5 Å². The highest BCUT2D eigenvalue weighted by atomic mass is 79.9. The van der Waals surface area contributed by atoms with Gasteiger partial charge in [0.05, 0.1) is 23.1 Å². The summed E-state index contributed by atoms with van der Waals surface area (Å²) >= 11 is 9.16. The summed E-state index contributed by atoms with van der Waals surface area (Å²) in [6, 6.07) is 10.6. The van der Waals surface area contributed by atoms with Crippen LogP contribution in [-0.4, -0.2) is 22.1 Å². The van der Waals surface area contributed by atoms with Gasteiger partial charge in [0.2, 0.25) is 9.84 Å². The van der Waals surface area contributed by atoms with Gasteiger partial charge in [-0.25, -0.2) is 8.42 Å². The highest BCUT2D eigenvalue weighted by Gasteiger charge is 2.21. The largest absolute Gasteiger partial charge is 0.493 e. The zero-order valence-electron chi connectivity index (χ0n) is 14.0. The maximum atomic E-state index is 12.7. The van der Waals surface area contributed by atoms with Gasteiger partial charge in [0.15, 0.2) is 11.5 Å². The molecule has 8 heteroatoms. The Balaban J connectivity index is 2.54. The molecule has 0 fully saturated rings. The lowest BCUT2D eigenvalue weighted by Gasteiger charge is -2.12. The van der Waals surface area contributed by atoms with Crippen molar-refractivity contribution in [3.05, 3.63) is 56.4 Å². The molecule has 0 aliphatic heterocycles. The number of nitriles is 1. The fraction of sp³-hybridized carbons (Fsp3) is 0.167. The van der Waals surface area contributed by atoms with Crippen LogP contribution in [0.5, 0.6) is 11.5 Å². The fourth-order valence-electron chi connectivity index (χ4n) is 2.17. The highest BCUT2D eigenvalue weighted by molar-refractivity contribution is 9.10. The van der Waals surface area contributed by atoms with Gasteiger partial charge in [0.25, 0.3) is 0 Å². The highest BCUT2D eigenvalue weighted by Crippen LogP contribution is 2.37. The van der Waals surface area contributed by atoms with Crippen molar-refractivity contribution in [1.29, 1.82) is 5.26 Å². The zero-order valence-corrected chi connectivity index (χ0v) is 17.2. The van der Waals surface area contributed by atoms with E-state index in [1.54, 1.807) is 18.2 Å². The van der Waals surface area contributed by atoms with E-state index < -0.39 is 14.7 Å². The van der Waals surface area contributed by atoms with Crippen LogP contribution in [-0.2, 0) is 9.84 Å². The Hall–Kier alpha value is -2.01. The lowest BCUT2D eigenvalue weighted by molar-refractivity contribution is 0.309. The van der Waals surface area contributed by atoms with Gasteiger partial charge in [-0.15, -0.1) is 0 Å². The molecule has 26 heavy (non-hydrogen) atoms. The standard InChI is InChI=1S/C18H15BrClNO4S/c1-3-25-18-16(19)9-12(10-17(18)24-2)8-15(11-21)26(22,23)14-6-4-13(20)5-7-14/h4-10H,3H2,1-2H3/b15-8+. The van der Waals surface area contributed by atoms with Gasteiger partial charge in [-0.2, -0.15) is 5.26 Å². The average Bonchev–Trinajstić information content (AvgIpc) is 2.61. The van der Waals surface area contributed by atoms with Gasteiger partial charge in [-0.1, -0.05) is 11.6 Å². The molecule has 0 aliphatic rings. The van der Waals surface area contributed by atoms with Gasteiger partial charge in [-0.3, -0.25) is 0 Å². The molecule has 0 saturated carbocycles. The Kier molecular flexibility index (Phi) is 6.70. The Morgan fingerprint density at radius 2 is 1.96 bits per heavy atom. The Bertz CT molecular complexity index is 979. The summed E-state index contributed by atoms with van der Waals surface area (Å²) in [5, 5.41) is 9.79. The molecule has 136 valence electrons. The number of methoxy groups -OCH3 is 1. The van der Waals surface area contributed by atoms with Crippen LogP contribution in [0.4, 0.5) is 0 Å². The van der Waals surface area contributed by atoms with E-state index in [1.165, 1.54) is 37.5 Å². The molecule has 0 saturated heterocycles. The van der Waals surface area contributed by atoms with Gasteiger partial charge in [0, 0.05) is 5.02 Å². The Labute approximate surface area is 165 Å². The van der Waals surface area contributed by atoms with Crippen molar-refractivity contribution >= 4 is 43.4 Å². The van der Waals surface area contributed by atoms with E-state index in [4.69, 9.17) is 21.1 Å². The van der Waals surface area contributed by atoms with E-state index in [-0.39, 0.29) is 4.90 Å². The fourth-order valence-corrected chi connectivity index (χ4v) is 4.03. The molecule has 2 aromatic carbocycles. The van der Waals surface area contributed by atoms with E-state index in [1.807, 2.05) is 6.92 Å². The lowest BCUT2D eigenvalue weighted by atomic mass is 10.2. The molecule has 2 aromatic rings. The second-order valence-corrected chi connectivity index (χ2v) is 8.25. The van der Waals surface area contributed by atoms with Crippen molar-refractivity contribution in [2.45, 2.75) is 11.8 Å². The Morgan fingerprint density at radius 3 is 2.50 bits per heavy atom. The van der Waals surface area contributed by atoms with E-state index >= 15 is 0 Å². The number of allylic oxidation sites excluding steroid dienone is 1. The summed E-state index contributed by atoms with van der Waals surface area (Å²) in [5.41, 5.74) is 0.478. The molecular formula is C18H15BrClNO4S. The minimum absolute atomic E-state index is 0.00772. The molecule has 0 spiro atoms. The number of hydrogen-bond acceptors (Lipinski definition) is 5. The van der Waals surface area contributed by atoms with E-state index in [0.29, 0.717) is 33.2 Å². The zero-order chi connectivity index (χ0) is 19.3. The summed E-state index contributed by atoms with van der Waals surface area (Å²) in [6.07, 6.45) is 1.28. The number of nitrogens with zero attached hydrogens (tertiary/aromatic N) is 1. The van der Waals surface area contributed by atoms with Crippen LogP contribution < -0.4 is 9.47 Å². The molecule has 0 aliphatic carbocycles. The average molecular weight is 457 g/mol. The number of sulfone groups is 1. The topological polar surface area (TPSA) is 76.4 Å². The Morgan fingerprint density at radius 1 is 1.31 bits per heavy atom. The second kappa shape index (κ2) is 8.58. The monoisotopic (exact) mass is 455 g/mol. The van der Waals surface area contributed by atoms with Gasteiger partial charge >= 0.3 is 0 Å². The minimum atomic E-state index is -3.96. The van der Waals surface area contributed by atoms with Gasteiger partial charge < -0.3 is 9.47 Å². The predicted octanol–water partition coefficient (Wildman–Crippen LogP) is 4.85. The molecule has 0 atom stereocenters.